The minimum atomic E-state index is -0.436. The van der Waals surface area contributed by atoms with Crippen molar-refractivity contribution in [1.82, 2.24) is 4.98 Å². The average molecular weight is 432 g/mol. The van der Waals surface area contributed by atoms with Crippen LogP contribution in [0.1, 0.15) is 5.56 Å². The van der Waals surface area contributed by atoms with E-state index in [0.29, 0.717) is 21.9 Å². The van der Waals surface area contributed by atoms with E-state index in [2.05, 4.69) is 10.3 Å². The first-order chi connectivity index (χ1) is 15.1. The van der Waals surface area contributed by atoms with Gasteiger partial charge in [-0.2, -0.15) is 0 Å². The van der Waals surface area contributed by atoms with Crippen LogP contribution in [0.25, 0.3) is 32.7 Å². The first kappa shape index (κ1) is 19.1. The van der Waals surface area contributed by atoms with Crippen LogP contribution in [0.4, 0.5) is 5.13 Å². The Morgan fingerprint density at radius 1 is 1.16 bits per heavy atom. The molecule has 0 bridgehead atoms. The number of benzene rings is 2. The van der Waals surface area contributed by atoms with E-state index < -0.39 is 5.91 Å². The molecule has 7 nitrogen and oxygen atoms in total. The van der Waals surface area contributed by atoms with Gasteiger partial charge in [0.15, 0.2) is 17.5 Å². The molecule has 0 aliphatic heterocycles. The predicted molar refractivity (Wildman–Crippen MR) is 119 cm³/mol. The van der Waals surface area contributed by atoms with Crippen LogP contribution in [-0.4, -0.2) is 17.5 Å². The lowest BCUT2D eigenvalue weighted by atomic mass is 10.2. The van der Waals surface area contributed by atoms with Gasteiger partial charge in [-0.05, 0) is 48.9 Å². The Hall–Kier alpha value is -3.91. The Kier molecular flexibility index (Phi) is 4.76. The second-order valence-corrected chi connectivity index (χ2v) is 7.92. The van der Waals surface area contributed by atoms with Gasteiger partial charge in [-0.15, -0.1) is 0 Å². The summed E-state index contributed by atoms with van der Waals surface area (Å²) in [6, 6.07) is 16.0. The number of aryl methyl sites for hydroxylation is 1. The molecular weight excluding hydrogens is 416 g/mol. The maximum atomic E-state index is 13.0. The third kappa shape index (κ3) is 3.69. The number of ether oxygens (including phenoxy) is 1. The van der Waals surface area contributed by atoms with E-state index >= 15 is 0 Å². The average Bonchev–Trinajstić information content (AvgIpc) is 3.42. The number of amides is 1. The third-order valence-corrected chi connectivity index (χ3v) is 5.57. The molecule has 0 fully saturated rings. The molecule has 2 aromatic carbocycles. The van der Waals surface area contributed by atoms with Crippen LogP contribution < -0.4 is 15.5 Å². The zero-order valence-corrected chi connectivity index (χ0v) is 17.2. The highest BCUT2D eigenvalue weighted by Crippen LogP contribution is 2.31. The van der Waals surface area contributed by atoms with Crippen molar-refractivity contribution in [1.29, 1.82) is 0 Å². The van der Waals surface area contributed by atoms with E-state index in [9.17, 15) is 9.59 Å². The Morgan fingerprint density at radius 2 is 2.03 bits per heavy atom. The fourth-order valence-electron chi connectivity index (χ4n) is 3.20. The third-order valence-electron chi connectivity index (χ3n) is 4.64. The molecule has 0 aliphatic carbocycles. The number of carbonyl (C=O) groups is 1. The molecule has 1 amide bonds. The molecule has 0 unspecified atom stereocenters. The minimum absolute atomic E-state index is 0.0799. The molecule has 8 heteroatoms. The van der Waals surface area contributed by atoms with Crippen molar-refractivity contribution in [2.24, 2.45) is 0 Å². The molecule has 0 aliphatic rings. The van der Waals surface area contributed by atoms with Crippen LogP contribution in [0.5, 0.6) is 5.75 Å². The van der Waals surface area contributed by atoms with Gasteiger partial charge < -0.3 is 13.6 Å². The highest BCUT2D eigenvalue weighted by molar-refractivity contribution is 7.22. The number of aromatic nitrogens is 1. The number of nitrogens with one attached hydrogen (secondary N) is 1. The molecule has 154 valence electrons. The van der Waals surface area contributed by atoms with E-state index in [1.807, 2.05) is 25.1 Å². The normalized spacial score (nSPS) is 11.1. The number of fused-ring (bicyclic) bond motifs is 2. The number of hydrogen-bond acceptors (Lipinski definition) is 7. The molecule has 0 spiro atoms. The highest BCUT2D eigenvalue weighted by Gasteiger charge is 2.20. The van der Waals surface area contributed by atoms with Crippen molar-refractivity contribution in [2.75, 3.05) is 11.9 Å². The molecule has 3 heterocycles. The first-order valence-corrected chi connectivity index (χ1v) is 10.3. The fourth-order valence-corrected chi connectivity index (χ4v) is 4.18. The van der Waals surface area contributed by atoms with Crippen LogP contribution in [-0.2, 0) is 4.79 Å². The van der Waals surface area contributed by atoms with Crippen molar-refractivity contribution in [3.05, 3.63) is 76.6 Å². The number of furan rings is 1. The van der Waals surface area contributed by atoms with E-state index in [-0.39, 0.29) is 23.5 Å². The molecule has 5 rings (SSSR count). The van der Waals surface area contributed by atoms with E-state index in [0.717, 1.165) is 15.8 Å². The molecule has 31 heavy (non-hydrogen) atoms. The van der Waals surface area contributed by atoms with Crippen LogP contribution in [0.3, 0.4) is 0 Å². The van der Waals surface area contributed by atoms with Crippen molar-refractivity contribution < 1.29 is 18.4 Å². The Morgan fingerprint density at radius 3 is 2.87 bits per heavy atom. The molecule has 0 radical (unpaired) electrons. The molecule has 0 atom stereocenters. The summed E-state index contributed by atoms with van der Waals surface area (Å²) in [7, 11) is 0. The summed E-state index contributed by atoms with van der Waals surface area (Å²) in [4.78, 5) is 29.9. The summed E-state index contributed by atoms with van der Waals surface area (Å²) in [5.41, 5.74) is 1.95. The number of hydrogen-bond donors (Lipinski definition) is 1. The topological polar surface area (TPSA) is 94.6 Å². The quantitative estimate of drug-likeness (QED) is 0.421. The SMILES string of the molecule is Cc1ccc2nc(NC(=O)COc3c(-c4ccco4)oc4ccccc4c3=O)sc2c1. The van der Waals surface area contributed by atoms with Gasteiger partial charge in [-0.1, -0.05) is 29.5 Å². The zero-order valence-electron chi connectivity index (χ0n) is 16.4. The molecule has 5 aromatic rings. The monoisotopic (exact) mass is 432 g/mol. The lowest BCUT2D eigenvalue weighted by Gasteiger charge is -2.09. The van der Waals surface area contributed by atoms with Crippen molar-refractivity contribution >= 4 is 43.6 Å². The lowest BCUT2D eigenvalue weighted by molar-refractivity contribution is -0.118. The smallest absolute Gasteiger partial charge is 0.264 e. The molecule has 1 N–H and O–H groups in total. The fraction of sp³-hybridized carbons (Fsp3) is 0.0870. The summed E-state index contributed by atoms with van der Waals surface area (Å²) >= 11 is 1.37. The molecule has 0 saturated carbocycles. The lowest BCUT2D eigenvalue weighted by Crippen LogP contribution is -2.22. The predicted octanol–water partition coefficient (Wildman–Crippen LogP) is 4.99. The van der Waals surface area contributed by atoms with Gasteiger partial charge in [0.25, 0.3) is 5.91 Å². The number of rotatable bonds is 5. The molecule has 3 aromatic heterocycles. The van der Waals surface area contributed by atoms with Gasteiger partial charge >= 0.3 is 0 Å². The summed E-state index contributed by atoms with van der Waals surface area (Å²) in [6.45, 7) is 1.61. The Balaban J connectivity index is 1.41. The standard InChI is InChI=1S/C23H16N2O5S/c1-13-8-9-15-18(11-13)31-23(24-15)25-19(26)12-29-22-20(27)14-5-2-3-6-16(14)30-21(22)17-7-4-10-28-17/h2-11H,12H2,1H3,(H,24,25,26). The first-order valence-electron chi connectivity index (χ1n) is 9.48. The minimum Gasteiger partial charge on any atom is -0.476 e. The van der Waals surface area contributed by atoms with Crippen LogP contribution in [0, 0.1) is 6.92 Å². The number of nitrogens with zero attached hydrogens (tertiary/aromatic N) is 1. The van der Waals surface area contributed by atoms with Crippen molar-refractivity contribution in [3.63, 3.8) is 0 Å². The number of para-hydroxylation sites is 1. The van der Waals surface area contributed by atoms with Crippen molar-refractivity contribution in [3.8, 4) is 17.3 Å². The van der Waals surface area contributed by atoms with E-state index in [1.165, 1.54) is 17.6 Å². The molecular formula is C23H16N2O5S. The van der Waals surface area contributed by atoms with Crippen LogP contribution >= 0.6 is 11.3 Å². The highest BCUT2D eigenvalue weighted by atomic mass is 32.1. The largest absolute Gasteiger partial charge is 0.476 e. The van der Waals surface area contributed by atoms with Gasteiger partial charge in [0.2, 0.25) is 16.9 Å². The number of carbonyl (C=O) groups excluding carboxylic acids is 1. The maximum Gasteiger partial charge on any atom is 0.264 e. The van der Waals surface area contributed by atoms with Gasteiger partial charge in [0, 0.05) is 0 Å². The van der Waals surface area contributed by atoms with Gasteiger partial charge in [0.1, 0.15) is 5.58 Å². The molecule has 0 saturated heterocycles. The summed E-state index contributed by atoms with van der Waals surface area (Å²) < 4.78 is 17.9. The zero-order chi connectivity index (χ0) is 21.4. The van der Waals surface area contributed by atoms with E-state index in [1.54, 1.807) is 36.4 Å². The van der Waals surface area contributed by atoms with Crippen LogP contribution in [0.15, 0.2) is 74.5 Å². The van der Waals surface area contributed by atoms with Gasteiger partial charge in [0.05, 0.1) is 21.9 Å². The van der Waals surface area contributed by atoms with E-state index in [4.69, 9.17) is 13.6 Å². The van der Waals surface area contributed by atoms with Crippen molar-refractivity contribution in [2.45, 2.75) is 6.92 Å². The summed E-state index contributed by atoms with van der Waals surface area (Å²) in [5.74, 6) is -0.0470. The summed E-state index contributed by atoms with van der Waals surface area (Å²) in [6.07, 6.45) is 1.47. The second kappa shape index (κ2) is 7.73. The second-order valence-electron chi connectivity index (χ2n) is 6.89. The maximum absolute atomic E-state index is 13.0. The van der Waals surface area contributed by atoms with Gasteiger partial charge in [-0.3, -0.25) is 14.9 Å². The summed E-state index contributed by atoms with van der Waals surface area (Å²) in [5, 5.41) is 3.54. The van der Waals surface area contributed by atoms with Crippen LogP contribution in [0.2, 0.25) is 0 Å². The van der Waals surface area contributed by atoms with Gasteiger partial charge in [-0.25, -0.2) is 4.98 Å². The Bertz CT molecular complexity index is 1470. The number of anilines is 1. The Labute approximate surface area is 179 Å². The number of thiazole rings is 1.